The van der Waals surface area contributed by atoms with Crippen molar-refractivity contribution in [1.29, 1.82) is 0 Å². The highest BCUT2D eigenvalue weighted by Gasteiger charge is 2.11. The van der Waals surface area contributed by atoms with Crippen LogP contribution in [0.2, 0.25) is 0 Å². The van der Waals surface area contributed by atoms with Gasteiger partial charge >= 0.3 is 0 Å². The molecular formula is C18H15N5OS2. The van der Waals surface area contributed by atoms with Crippen LogP contribution in [0.5, 0.6) is 0 Å². The lowest BCUT2D eigenvalue weighted by Crippen LogP contribution is -2.25. The van der Waals surface area contributed by atoms with Gasteiger partial charge in [0.2, 0.25) is 5.91 Å². The van der Waals surface area contributed by atoms with Gasteiger partial charge in [-0.1, -0.05) is 24.3 Å². The molecule has 0 saturated carbocycles. The lowest BCUT2D eigenvalue weighted by molar-refractivity contribution is -0.118. The van der Waals surface area contributed by atoms with Gasteiger partial charge in [0.15, 0.2) is 11.5 Å². The highest BCUT2D eigenvalue weighted by molar-refractivity contribution is 8.00. The maximum Gasteiger partial charge on any atom is 0.230 e. The van der Waals surface area contributed by atoms with E-state index >= 15 is 0 Å². The van der Waals surface area contributed by atoms with Crippen LogP contribution in [0.4, 0.5) is 0 Å². The van der Waals surface area contributed by atoms with Gasteiger partial charge in [0.1, 0.15) is 5.69 Å². The Hall–Kier alpha value is -2.71. The number of nitrogens with zero attached hydrogens (tertiary/aromatic N) is 4. The summed E-state index contributed by atoms with van der Waals surface area (Å²) in [6.45, 7) is 0.288. The van der Waals surface area contributed by atoms with Crippen molar-refractivity contribution in [2.45, 2.75) is 11.4 Å². The molecule has 4 aromatic rings. The summed E-state index contributed by atoms with van der Waals surface area (Å²) in [5.41, 5.74) is 1.52. The molecule has 0 saturated heterocycles. The lowest BCUT2D eigenvalue weighted by Gasteiger charge is -2.05. The molecule has 1 aromatic carbocycles. The molecule has 3 heterocycles. The number of aromatic nitrogens is 4. The van der Waals surface area contributed by atoms with Crippen LogP contribution in [0.15, 0.2) is 64.9 Å². The fourth-order valence-electron chi connectivity index (χ4n) is 2.39. The second-order valence-corrected chi connectivity index (χ2v) is 7.46. The summed E-state index contributed by atoms with van der Waals surface area (Å²) in [6, 6.07) is 17.7. The normalized spacial score (nSPS) is 10.9. The van der Waals surface area contributed by atoms with Crippen LogP contribution in [-0.2, 0) is 11.3 Å². The SMILES string of the molecule is O=C(CSc1ccccc1)NCc1nnc2ccc(-c3cccs3)nn12. The van der Waals surface area contributed by atoms with Crippen LogP contribution in [0.25, 0.3) is 16.2 Å². The number of hydrogen-bond donors (Lipinski definition) is 1. The van der Waals surface area contributed by atoms with E-state index in [1.165, 1.54) is 11.8 Å². The van der Waals surface area contributed by atoms with Crippen LogP contribution in [0, 0.1) is 0 Å². The zero-order valence-corrected chi connectivity index (χ0v) is 15.3. The molecule has 0 unspecified atom stereocenters. The second-order valence-electron chi connectivity index (χ2n) is 5.46. The number of carbonyl (C=O) groups excluding carboxylic acids is 1. The van der Waals surface area contributed by atoms with Gasteiger partial charge in [-0.25, -0.2) is 0 Å². The third kappa shape index (κ3) is 3.76. The van der Waals surface area contributed by atoms with Crippen molar-refractivity contribution in [2.24, 2.45) is 0 Å². The first-order valence-electron chi connectivity index (χ1n) is 7.99. The molecule has 0 aliphatic rings. The number of carbonyl (C=O) groups is 1. The van der Waals surface area contributed by atoms with Crippen LogP contribution in [-0.4, -0.2) is 31.5 Å². The average molecular weight is 381 g/mol. The summed E-state index contributed by atoms with van der Waals surface area (Å²) in [4.78, 5) is 14.2. The number of hydrogen-bond acceptors (Lipinski definition) is 6. The van der Waals surface area contributed by atoms with E-state index in [4.69, 9.17) is 0 Å². The van der Waals surface area contributed by atoms with Gasteiger partial charge in [0, 0.05) is 4.90 Å². The van der Waals surface area contributed by atoms with Crippen molar-refractivity contribution in [2.75, 3.05) is 5.75 Å². The molecule has 1 N–H and O–H groups in total. The Morgan fingerprint density at radius 1 is 1.08 bits per heavy atom. The van der Waals surface area contributed by atoms with Crippen LogP contribution < -0.4 is 5.32 Å². The molecule has 1 amide bonds. The maximum atomic E-state index is 12.1. The van der Waals surface area contributed by atoms with Crippen molar-refractivity contribution in [3.8, 4) is 10.6 Å². The van der Waals surface area contributed by atoms with Crippen molar-refractivity contribution in [1.82, 2.24) is 25.1 Å². The Morgan fingerprint density at radius 2 is 1.96 bits per heavy atom. The van der Waals surface area contributed by atoms with Gasteiger partial charge < -0.3 is 5.32 Å². The van der Waals surface area contributed by atoms with E-state index in [-0.39, 0.29) is 12.5 Å². The van der Waals surface area contributed by atoms with Crippen molar-refractivity contribution in [3.05, 3.63) is 65.8 Å². The van der Waals surface area contributed by atoms with Gasteiger partial charge in [-0.05, 0) is 35.7 Å². The molecule has 8 heteroatoms. The highest BCUT2D eigenvalue weighted by Crippen LogP contribution is 2.22. The number of thioether (sulfide) groups is 1. The molecule has 6 nitrogen and oxygen atoms in total. The van der Waals surface area contributed by atoms with Crippen molar-refractivity contribution in [3.63, 3.8) is 0 Å². The minimum atomic E-state index is -0.0509. The number of thiophene rings is 1. The van der Waals surface area contributed by atoms with Crippen LogP contribution in [0.3, 0.4) is 0 Å². The Bertz CT molecular complexity index is 1010. The summed E-state index contributed by atoms with van der Waals surface area (Å²) in [7, 11) is 0. The predicted octanol–water partition coefficient (Wildman–Crippen LogP) is 3.26. The van der Waals surface area contributed by atoms with Gasteiger partial charge in [-0.15, -0.1) is 33.3 Å². The minimum Gasteiger partial charge on any atom is -0.348 e. The summed E-state index contributed by atoms with van der Waals surface area (Å²) < 4.78 is 1.68. The Balaban J connectivity index is 1.42. The number of amides is 1. The molecule has 0 spiro atoms. The first-order chi connectivity index (χ1) is 12.8. The lowest BCUT2D eigenvalue weighted by atomic mass is 10.3. The fraction of sp³-hybridized carbons (Fsp3) is 0.111. The molecule has 0 atom stereocenters. The Labute approximate surface area is 158 Å². The standard InChI is InChI=1S/C18H15N5OS2/c24-18(12-26-13-5-2-1-3-6-13)19-11-17-21-20-16-9-8-14(22-23(16)17)15-7-4-10-25-15/h1-10H,11-12H2,(H,19,24). The average Bonchev–Trinajstić information content (AvgIpc) is 3.35. The topological polar surface area (TPSA) is 72.2 Å². The number of nitrogens with one attached hydrogen (secondary N) is 1. The second kappa shape index (κ2) is 7.67. The van der Waals surface area contributed by atoms with E-state index in [1.807, 2.05) is 60.0 Å². The van der Waals surface area contributed by atoms with Crippen molar-refractivity contribution >= 4 is 34.7 Å². The molecule has 0 fully saturated rings. The maximum absolute atomic E-state index is 12.1. The van der Waals surface area contributed by atoms with Gasteiger partial charge in [-0.2, -0.15) is 9.61 Å². The number of rotatable bonds is 6. The molecule has 4 rings (SSSR count). The highest BCUT2D eigenvalue weighted by atomic mass is 32.2. The molecule has 26 heavy (non-hydrogen) atoms. The van der Waals surface area contributed by atoms with E-state index in [2.05, 4.69) is 20.6 Å². The van der Waals surface area contributed by atoms with Gasteiger partial charge in [0.25, 0.3) is 0 Å². The van der Waals surface area contributed by atoms with E-state index < -0.39 is 0 Å². The molecule has 0 aliphatic heterocycles. The zero-order valence-electron chi connectivity index (χ0n) is 13.7. The third-order valence-electron chi connectivity index (χ3n) is 3.66. The van der Waals surface area contributed by atoms with Crippen molar-refractivity contribution < 1.29 is 4.79 Å². The third-order valence-corrected chi connectivity index (χ3v) is 5.56. The van der Waals surface area contributed by atoms with E-state index in [0.717, 1.165) is 15.5 Å². The molecule has 0 aliphatic carbocycles. The Kier molecular flexibility index (Phi) is 4.94. The quantitative estimate of drug-likeness (QED) is 0.519. The van der Waals surface area contributed by atoms with E-state index in [9.17, 15) is 4.79 Å². The number of fused-ring (bicyclic) bond motifs is 1. The zero-order chi connectivity index (χ0) is 17.8. The molecule has 3 aromatic heterocycles. The van der Waals surface area contributed by atoms with Crippen LogP contribution >= 0.6 is 23.1 Å². The molecule has 0 bridgehead atoms. The van der Waals surface area contributed by atoms with E-state index in [1.54, 1.807) is 15.9 Å². The predicted molar refractivity (Wildman–Crippen MR) is 103 cm³/mol. The minimum absolute atomic E-state index is 0.0509. The summed E-state index contributed by atoms with van der Waals surface area (Å²) in [5.74, 6) is 0.913. The first kappa shape index (κ1) is 16.7. The smallest absolute Gasteiger partial charge is 0.230 e. The van der Waals surface area contributed by atoms with Gasteiger partial charge in [0.05, 0.1) is 17.2 Å². The number of benzene rings is 1. The Morgan fingerprint density at radius 3 is 2.77 bits per heavy atom. The monoisotopic (exact) mass is 381 g/mol. The van der Waals surface area contributed by atoms with Gasteiger partial charge in [-0.3, -0.25) is 4.79 Å². The summed E-state index contributed by atoms with van der Waals surface area (Å²) >= 11 is 3.13. The first-order valence-corrected chi connectivity index (χ1v) is 9.86. The summed E-state index contributed by atoms with van der Waals surface area (Å²) in [6.07, 6.45) is 0. The van der Waals surface area contributed by atoms with Crippen LogP contribution in [0.1, 0.15) is 5.82 Å². The molecular weight excluding hydrogens is 366 g/mol. The summed E-state index contributed by atoms with van der Waals surface area (Å²) in [5, 5.41) is 17.7. The molecule has 0 radical (unpaired) electrons. The molecule has 130 valence electrons. The van der Waals surface area contributed by atoms with E-state index in [0.29, 0.717) is 17.2 Å². The largest absolute Gasteiger partial charge is 0.348 e. The fourth-order valence-corrected chi connectivity index (χ4v) is 3.83.